The van der Waals surface area contributed by atoms with Crippen LogP contribution in [0.1, 0.15) is 27.7 Å². The molecule has 0 unspecified atom stereocenters. The molecule has 0 aromatic heterocycles. The van der Waals surface area contributed by atoms with Crippen LogP contribution in [0.15, 0.2) is 24.3 Å². The average molecular weight is 518 g/mol. The van der Waals surface area contributed by atoms with Crippen LogP contribution in [0, 0.1) is 0 Å². The third kappa shape index (κ3) is 8.43. The van der Waals surface area contributed by atoms with Crippen LogP contribution in [-0.4, -0.2) is 66.3 Å². The lowest BCUT2D eigenvalue weighted by molar-refractivity contribution is -0.255. The first-order valence-corrected chi connectivity index (χ1v) is 10.8. The molecule has 0 bridgehead atoms. The Morgan fingerprint density at radius 1 is 0.882 bits per heavy atom. The molecular weight excluding hydrogens is 494 g/mol. The molecule has 1 N–H and O–H groups in total. The Balaban J connectivity index is 2.35. The Morgan fingerprint density at radius 2 is 1.41 bits per heavy atom. The number of halogens is 1. The third-order valence-corrected chi connectivity index (χ3v) is 4.73. The first-order chi connectivity index (χ1) is 16.0. The predicted molar refractivity (Wildman–Crippen MR) is 120 cm³/mol. The van der Waals surface area contributed by atoms with Crippen molar-refractivity contribution in [3.8, 4) is 5.75 Å². The molecule has 34 heavy (non-hydrogen) atoms. The molecule has 0 amide bonds. The number of thiocarbonyl (C=S) groups is 1. The molecule has 1 aromatic carbocycles. The highest BCUT2D eigenvalue weighted by atomic mass is 35.5. The second kappa shape index (κ2) is 12.5. The summed E-state index contributed by atoms with van der Waals surface area (Å²) >= 11 is 11.1. The molecule has 0 spiro atoms. The summed E-state index contributed by atoms with van der Waals surface area (Å²) in [5, 5.41) is 3.05. The molecule has 11 nitrogen and oxygen atoms in total. The van der Waals surface area contributed by atoms with Gasteiger partial charge >= 0.3 is 23.9 Å². The maximum absolute atomic E-state index is 11.8. The number of esters is 4. The second-order valence-corrected chi connectivity index (χ2v) is 7.91. The van der Waals surface area contributed by atoms with Gasteiger partial charge in [0.2, 0.25) is 0 Å². The number of nitrogens with one attached hydrogen (secondary N) is 1. The van der Waals surface area contributed by atoms with Crippen LogP contribution in [-0.2, 0) is 42.9 Å². The van der Waals surface area contributed by atoms with Crippen molar-refractivity contribution in [3.05, 3.63) is 29.3 Å². The molecule has 1 aliphatic heterocycles. The van der Waals surface area contributed by atoms with Crippen LogP contribution in [0.2, 0.25) is 5.02 Å². The van der Waals surface area contributed by atoms with Crippen molar-refractivity contribution >= 4 is 52.9 Å². The van der Waals surface area contributed by atoms with Gasteiger partial charge in [-0.15, -0.1) is 0 Å². The number of hydrogen-bond acceptors (Lipinski definition) is 11. The summed E-state index contributed by atoms with van der Waals surface area (Å²) in [4.78, 5) is 46.8. The number of hydrogen-bond donors (Lipinski definition) is 1. The summed E-state index contributed by atoms with van der Waals surface area (Å²) in [5.74, 6) is -2.48. The van der Waals surface area contributed by atoms with Gasteiger partial charge in [-0.2, -0.15) is 0 Å². The molecule has 5 atom stereocenters. The third-order valence-electron chi connectivity index (χ3n) is 4.28. The maximum Gasteiger partial charge on any atom is 0.303 e. The first-order valence-electron chi connectivity index (χ1n) is 10.0. The Morgan fingerprint density at radius 3 is 1.94 bits per heavy atom. The van der Waals surface area contributed by atoms with Crippen LogP contribution >= 0.6 is 23.8 Å². The van der Waals surface area contributed by atoms with Crippen LogP contribution in [0.4, 0.5) is 0 Å². The highest BCUT2D eigenvalue weighted by Crippen LogP contribution is 2.28. The van der Waals surface area contributed by atoms with E-state index >= 15 is 0 Å². The zero-order valence-corrected chi connectivity index (χ0v) is 20.3. The second-order valence-electron chi connectivity index (χ2n) is 7.11. The molecule has 1 aromatic rings. The van der Waals surface area contributed by atoms with E-state index in [1.807, 2.05) is 0 Å². The highest BCUT2D eigenvalue weighted by molar-refractivity contribution is 7.80. The van der Waals surface area contributed by atoms with Crippen molar-refractivity contribution in [2.24, 2.45) is 0 Å². The summed E-state index contributed by atoms with van der Waals surface area (Å²) in [5.41, 5.74) is 0. The molecule has 13 heteroatoms. The fraction of sp³-hybridized carbons (Fsp3) is 0.476. The zero-order valence-electron chi connectivity index (χ0n) is 18.8. The van der Waals surface area contributed by atoms with Crippen LogP contribution in [0.5, 0.6) is 5.75 Å². The normalized spacial score (nSPS) is 23.7. The Labute approximate surface area is 205 Å². The van der Waals surface area contributed by atoms with Gasteiger partial charge in [-0.25, -0.2) is 0 Å². The van der Waals surface area contributed by atoms with Crippen molar-refractivity contribution in [2.75, 3.05) is 6.61 Å². The van der Waals surface area contributed by atoms with E-state index in [4.69, 9.17) is 52.2 Å². The fourth-order valence-electron chi connectivity index (χ4n) is 3.10. The number of ether oxygens (including phenoxy) is 6. The molecule has 1 aliphatic rings. The topological polar surface area (TPSA) is 136 Å². The monoisotopic (exact) mass is 517 g/mol. The minimum Gasteiger partial charge on any atom is -0.463 e. The maximum atomic E-state index is 11.8. The SMILES string of the molecule is CC(=O)OC[C@H]1O[C@@H](NC(=S)Oc2ccc(Cl)cc2)[C@@H](OC(C)=O)[C@@H](OC(C)=O)[C@H]1OC(C)=O. The van der Waals surface area contributed by atoms with Gasteiger partial charge < -0.3 is 33.7 Å². The van der Waals surface area contributed by atoms with Gasteiger partial charge in [-0.3, -0.25) is 19.2 Å². The van der Waals surface area contributed by atoms with E-state index in [-0.39, 0.29) is 11.8 Å². The summed E-state index contributed by atoms with van der Waals surface area (Å²) < 4.78 is 32.4. The van der Waals surface area contributed by atoms with E-state index in [1.54, 1.807) is 24.3 Å². The van der Waals surface area contributed by atoms with E-state index in [0.717, 1.165) is 20.8 Å². The summed E-state index contributed by atoms with van der Waals surface area (Å²) in [6, 6.07) is 6.33. The molecular formula is C21H24ClNO10S. The standard InChI is InChI=1S/C21H24ClNO10S/c1-10(24)28-9-16-17(29-11(2)25)18(30-12(3)26)19(31-13(4)27)20(33-16)23-21(34)32-15-7-5-14(22)6-8-15/h5-8,16-20H,9H2,1-4H3,(H,23,34)/t16-,17+,18+,19+,20-/m1/s1. The fourth-order valence-corrected chi connectivity index (χ4v) is 3.44. The Bertz CT molecular complexity index is 925. The Hall–Kier alpha value is -2.96. The molecule has 2 rings (SSSR count). The largest absolute Gasteiger partial charge is 0.463 e. The smallest absolute Gasteiger partial charge is 0.303 e. The molecule has 0 radical (unpaired) electrons. The van der Waals surface area contributed by atoms with Gasteiger partial charge in [0.1, 0.15) is 18.5 Å². The number of carbonyl (C=O) groups is 4. The zero-order chi connectivity index (χ0) is 25.4. The number of rotatable bonds is 7. The van der Waals surface area contributed by atoms with Gasteiger partial charge in [0.15, 0.2) is 24.5 Å². The van der Waals surface area contributed by atoms with Gasteiger partial charge in [-0.05, 0) is 36.5 Å². The number of carbonyl (C=O) groups excluding carboxylic acids is 4. The molecule has 0 aliphatic carbocycles. The lowest BCUT2D eigenvalue weighted by atomic mass is 9.97. The van der Waals surface area contributed by atoms with Crippen molar-refractivity contribution in [2.45, 2.75) is 58.3 Å². The van der Waals surface area contributed by atoms with Crippen molar-refractivity contribution in [1.82, 2.24) is 5.32 Å². The summed E-state index contributed by atoms with van der Waals surface area (Å²) in [6.07, 6.45) is -6.25. The van der Waals surface area contributed by atoms with Crippen LogP contribution < -0.4 is 10.1 Å². The molecule has 0 saturated carbocycles. The van der Waals surface area contributed by atoms with Crippen LogP contribution in [0.3, 0.4) is 0 Å². The van der Waals surface area contributed by atoms with Crippen LogP contribution in [0.25, 0.3) is 0 Å². The summed E-state index contributed by atoms with van der Waals surface area (Å²) in [7, 11) is 0. The van der Waals surface area contributed by atoms with E-state index in [1.165, 1.54) is 6.92 Å². The van der Waals surface area contributed by atoms with Crippen molar-refractivity contribution in [1.29, 1.82) is 0 Å². The number of benzene rings is 1. The van der Waals surface area contributed by atoms with Gasteiger partial charge in [0, 0.05) is 32.7 Å². The minimum atomic E-state index is -1.32. The molecule has 1 saturated heterocycles. The Kier molecular flexibility index (Phi) is 10.0. The van der Waals surface area contributed by atoms with Crippen molar-refractivity contribution < 1.29 is 47.6 Å². The lowest BCUT2D eigenvalue weighted by Gasteiger charge is -2.44. The quantitative estimate of drug-likeness (QED) is 0.320. The lowest BCUT2D eigenvalue weighted by Crippen LogP contribution is -2.66. The van der Waals surface area contributed by atoms with Gasteiger partial charge in [0.05, 0.1) is 0 Å². The highest BCUT2D eigenvalue weighted by Gasteiger charge is 2.52. The van der Waals surface area contributed by atoms with Crippen molar-refractivity contribution in [3.63, 3.8) is 0 Å². The molecule has 1 fully saturated rings. The molecule has 186 valence electrons. The van der Waals surface area contributed by atoms with Gasteiger partial charge in [-0.1, -0.05) is 11.6 Å². The average Bonchev–Trinajstić information content (AvgIpc) is 2.71. The predicted octanol–water partition coefficient (Wildman–Crippen LogP) is 1.68. The van der Waals surface area contributed by atoms with E-state index in [0.29, 0.717) is 10.8 Å². The van der Waals surface area contributed by atoms with E-state index < -0.39 is 54.5 Å². The van der Waals surface area contributed by atoms with E-state index in [2.05, 4.69) is 5.32 Å². The van der Waals surface area contributed by atoms with E-state index in [9.17, 15) is 19.2 Å². The summed E-state index contributed by atoms with van der Waals surface area (Å²) in [6.45, 7) is 4.22. The van der Waals surface area contributed by atoms with Gasteiger partial charge in [0.25, 0.3) is 5.17 Å². The molecule has 1 heterocycles. The first kappa shape index (κ1) is 27.3. The minimum absolute atomic E-state index is 0.178.